The molecule has 28 N–H and O–H groups in total. The van der Waals surface area contributed by atoms with Gasteiger partial charge in [0.25, 0.3) is 0 Å². The second-order valence-electron chi connectivity index (χ2n) is 23.0. The largest absolute Gasteiger partial charge is 0.394 e. The van der Waals surface area contributed by atoms with E-state index in [1.54, 1.807) is 6.08 Å². The number of rotatable bonds is 29. The summed E-state index contributed by atoms with van der Waals surface area (Å²) in [6, 6.07) is -9.83. The summed E-state index contributed by atoms with van der Waals surface area (Å²) in [5.74, 6) is -2.67. The molecule has 6 aliphatic rings. The summed E-state index contributed by atoms with van der Waals surface area (Å²) < 4.78 is 57.7. The first-order valence-electron chi connectivity index (χ1n) is 29.1. The summed E-state index contributed by atoms with van der Waals surface area (Å²) in [7, 11) is 0. The lowest BCUT2D eigenvalue weighted by Crippen LogP contribution is -2.79. The number of allylic oxidation sites excluding steroid dienone is 2. The number of carbonyl (C=O) groups excluding carboxylic acids is 2. The van der Waals surface area contributed by atoms with E-state index in [0.717, 1.165) is 38.5 Å². The Kier molecular flexibility index (Phi) is 27.0. The molecule has 4 unspecified atom stereocenters. The molecular formula is C52H94N6O28. The van der Waals surface area contributed by atoms with Crippen molar-refractivity contribution in [2.75, 3.05) is 39.6 Å². The van der Waals surface area contributed by atoms with E-state index in [0.29, 0.717) is 6.42 Å². The zero-order valence-electron chi connectivity index (χ0n) is 47.8. The molecule has 0 bridgehead atoms. The number of ether oxygens (including phenoxy) is 10. The minimum absolute atomic E-state index is 0.0646. The van der Waals surface area contributed by atoms with Crippen molar-refractivity contribution in [2.24, 2.45) is 34.4 Å². The van der Waals surface area contributed by atoms with Crippen LogP contribution >= 0.6 is 0 Å². The van der Waals surface area contributed by atoms with Crippen LogP contribution in [0.5, 0.6) is 0 Å². The van der Waals surface area contributed by atoms with Crippen molar-refractivity contribution in [2.45, 2.75) is 260 Å². The molecule has 6 saturated heterocycles. The third-order valence-corrected chi connectivity index (χ3v) is 17.4. The molecule has 0 aromatic carbocycles. The first-order valence-corrected chi connectivity index (χ1v) is 29.1. The van der Waals surface area contributed by atoms with Crippen molar-refractivity contribution in [3.05, 3.63) is 12.2 Å². The van der Waals surface area contributed by atoms with Crippen LogP contribution in [-0.2, 0) is 57.0 Å². The number of nitrogens with two attached hydrogens (primary N) is 6. The van der Waals surface area contributed by atoms with Gasteiger partial charge < -0.3 is 163 Å². The van der Waals surface area contributed by atoms with Gasteiger partial charge >= 0.3 is 0 Å². The molecule has 6 aliphatic heterocycles. The summed E-state index contributed by atoms with van der Waals surface area (Å²) in [6.45, 7) is -4.37. The van der Waals surface area contributed by atoms with Gasteiger partial charge in [0.05, 0.1) is 75.9 Å². The van der Waals surface area contributed by atoms with Gasteiger partial charge in [0.1, 0.15) is 97.2 Å². The maximum atomic E-state index is 15.0. The zero-order valence-corrected chi connectivity index (χ0v) is 47.8. The minimum Gasteiger partial charge on any atom is -0.394 e. The number of Topliss-reactive ketones (excluding diaryl/α,β-unsaturated/α-hetero) is 2. The second kappa shape index (κ2) is 31.9. The molecule has 0 spiro atoms. The number of aliphatic hydroxyl groups excluding tert-OH is 15. The Labute approximate surface area is 495 Å². The third kappa shape index (κ3) is 15.0. The number of unbranched alkanes of at least 4 members (excludes halogenated alkanes) is 6. The molecule has 30 atom stereocenters. The molecule has 0 amide bonds. The summed E-state index contributed by atoms with van der Waals surface area (Å²) in [5, 5.41) is 175. The molecule has 0 aromatic heterocycles. The van der Waals surface area contributed by atoms with Crippen LogP contribution in [-0.4, -0.2) is 315 Å². The molecule has 500 valence electrons. The van der Waals surface area contributed by atoms with Crippen molar-refractivity contribution in [1.82, 2.24) is 0 Å². The Hall–Kier alpha value is -2.20. The van der Waals surface area contributed by atoms with Gasteiger partial charge in [0, 0.05) is 12.8 Å². The van der Waals surface area contributed by atoms with Gasteiger partial charge in [-0.25, -0.2) is 0 Å². The molecule has 0 aromatic rings. The lowest BCUT2D eigenvalue weighted by Gasteiger charge is -2.56. The summed E-state index contributed by atoms with van der Waals surface area (Å²) in [4.78, 5) is 29.5. The molecule has 0 saturated carbocycles. The van der Waals surface area contributed by atoms with Gasteiger partial charge in [-0.15, -0.1) is 0 Å². The molecule has 0 aliphatic carbocycles. The Morgan fingerprint density at radius 1 is 0.453 bits per heavy atom. The van der Waals surface area contributed by atoms with Crippen molar-refractivity contribution in [3.8, 4) is 0 Å². The molecule has 0 radical (unpaired) electrons. The van der Waals surface area contributed by atoms with Gasteiger partial charge in [-0.1, -0.05) is 51.2 Å². The Morgan fingerprint density at radius 2 is 0.849 bits per heavy atom. The first-order chi connectivity index (χ1) is 40.7. The van der Waals surface area contributed by atoms with Crippen LogP contribution in [0.25, 0.3) is 0 Å². The number of hydrogen-bond donors (Lipinski definition) is 22. The van der Waals surface area contributed by atoms with Crippen LogP contribution in [0.4, 0.5) is 0 Å². The average Bonchev–Trinajstić information content (AvgIpc) is 0.842. The normalized spacial score (nSPS) is 46.8. The SMILES string of the molecule is CCCCCCCC/C=C/CC[C@]1(O)[C@H](O)[C@@H](N)[C@@H](OC2[C@@H](CO)O[C@@H](OC3[C@@H](CO)O[C@@H](O)[C@H](N)[C@H]3O)[C@H](N)[C@H]2O)O[C@@]1(CO)C(=O)CCC(=O)[C@]1(CO)O[C@H](OC2[C@@H](CO)O[C@@H](OC3[C@@H](CO)O[C@@H](O)[C@H](N)[C@H]3O)[C@H](N)[C@H]2O)[C@H](N)[C@@H](O)[C@@H]1O. The summed E-state index contributed by atoms with van der Waals surface area (Å²) in [5.41, 5.74) is 28.3. The van der Waals surface area contributed by atoms with Crippen molar-refractivity contribution in [1.29, 1.82) is 0 Å². The van der Waals surface area contributed by atoms with Crippen LogP contribution in [0.2, 0.25) is 0 Å². The quantitative estimate of drug-likeness (QED) is 0.0244. The third-order valence-electron chi connectivity index (χ3n) is 17.4. The van der Waals surface area contributed by atoms with Gasteiger partial charge in [-0.3, -0.25) is 9.59 Å². The molecule has 6 fully saturated rings. The number of carbonyl (C=O) groups is 2. The monoisotopic (exact) mass is 1250 g/mol. The molecule has 34 nitrogen and oxygen atoms in total. The fourth-order valence-electron chi connectivity index (χ4n) is 11.8. The smallest absolute Gasteiger partial charge is 0.183 e. The minimum atomic E-state index is -3.00. The van der Waals surface area contributed by atoms with E-state index in [-0.39, 0.29) is 6.42 Å². The van der Waals surface area contributed by atoms with E-state index in [9.17, 15) is 91.3 Å². The molecule has 6 heterocycles. The fraction of sp³-hybridized carbons (Fsp3) is 0.923. The number of hydrogen-bond acceptors (Lipinski definition) is 34. The summed E-state index contributed by atoms with van der Waals surface area (Å²) in [6.07, 6.45) is -30.4. The van der Waals surface area contributed by atoms with Crippen LogP contribution in [0.15, 0.2) is 12.2 Å². The topological polar surface area (TPSA) is 606 Å². The Bertz CT molecular complexity index is 2130. The van der Waals surface area contributed by atoms with Crippen LogP contribution in [0, 0.1) is 0 Å². The zero-order chi connectivity index (χ0) is 63.7. The number of ketones is 2. The predicted molar refractivity (Wildman–Crippen MR) is 287 cm³/mol. The van der Waals surface area contributed by atoms with Crippen molar-refractivity contribution >= 4 is 11.6 Å². The maximum Gasteiger partial charge on any atom is 0.183 e. The van der Waals surface area contributed by atoms with E-state index >= 15 is 0 Å². The highest BCUT2D eigenvalue weighted by molar-refractivity contribution is 5.95. The first kappa shape index (κ1) is 72.9. The van der Waals surface area contributed by atoms with Crippen LogP contribution < -0.4 is 34.4 Å². The lowest BCUT2D eigenvalue weighted by atomic mass is 9.68. The number of aliphatic hydroxyl groups is 16. The van der Waals surface area contributed by atoms with E-state index in [4.69, 9.17) is 81.8 Å². The second-order valence-corrected chi connectivity index (χ2v) is 23.0. The standard InChI is InChI=1S/C52H94N6O28/c1-2-3-4-5-6-7-8-9-10-11-14-51(76)42(72)32(58)49(84-41-24(18-62)80-47(30(56)36(41)70)82-39-22(16-60)78-45(75)28(54)34(39)68)86-52(51,20-64)26(66)13-12-25(65)50(19-63)43(73)37(71)31(57)48(85-50)83-40-23(17-61)79-46(29(55)35(40)69)81-38-21(15-59)77-44(74)27(53)33(38)67/h9-10,21-24,27-49,59-64,67-76H,2-8,11-20,53-58H2,1H3/b10-9+/t21-,22-,23-,24-,27-,28-,29-,30-,31-,32-,33-,34-,35-,36-,37-,38?,39?,40?,41?,42-,43+,44-,45-,46+,47+,48+,49+,50+,51+,52+/m1/s1. The Balaban J connectivity index is 1.22. The Morgan fingerprint density at radius 3 is 1.30 bits per heavy atom. The van der Waals surface area contributed by atoms with E-state index < -0.39 is 253 Å². The average molecular weight is 1250 g/mol. The highest BCUT2D eigenvalue weighted by atomic mass is 16.8. The fourth-order valence-corrected chi connectivity index (χ4v) is 11.8. The van der Waals surface area contributed by atoms with Crippen molar-refractivity contribution in [3.63, 3.8) is 0 Å². The van der Waals surface area contributed by atoms with E-state index in [1.165, 1.54) is 0 Å². The molecule has 86 heavy (non-hydrogen) atoms. The lowest BCUT2D eigenvalue weighted by molar-refractivity contribution is -0.369. The summed E-state index contributed by atoms with van der Waals surface area (Å²) >= 11 is 0. The molecule has 6 rings (SSSR count). The predicted octanol–water partition coefficient (Wildman–Crippen LogP) is -11.2. The van der Waals surface area contributed by atoms with Gasteiger partial charge in [-0.05, 0) is 25.7 Å². The van der Waals surface area contributed by atoms with Gasteiger partial charge in [-0.2, -0.15) is 0 Å². The van der Waals surface area contributed by atoms with E-state index in [2.05, 4.69) is 6.92 Å². The molecule has 34 heteroatoms. The molecular weight excluding hydrogens is 1160 g/mol. The van der Waals surface area contributed by atoms with Gasteiger partial charge in [0.2, 0.25) is 0 Å². The van der Waals surface area contributed by atoms with Crippen LogP contribution in [0.3, 0.4) is 0 Å². The maximum absolute atomic E-state index is 15.0. The highest BCUT2D eigenvalue weighted by Gasteiger charge is 2.68. The van der Waals surface area contributed by atoms with Gasteiger partial charge in [0.15, 0.2) is 60.5 Å². The highest BCUT2D eigenvalue weighted by Crippen LogP contribution is 2.45. The van der Waals surface area contributed by atoms with Crippen molar-refractivity contribution < 1.29 is 139 Å². The van der Waals surface area contributed by atoms with E-state index in [1.807, 2.05) is 6.08 Å². The van der Waals surface area contributed by atoms with Crippen LogP contribution in [0.1, 0.15) is 77.6 Å².